The Labute approximate surface area is 107 Å². The summed E-state index contributed by atoms with van der Waals surface area (Å²) in [6.07, 6.45) is 5.92. The topological polar surface area (TPSA) is 35.5 Å². The summed E-state index contributed by atoms with van der Waals surface area (Å²) in [5.74, 6) is 0. The van der Waals surface area contributed by atoms with Gasteiger partial charge in [-0.2, -0.15) is 0 Å². The van der Waals surface area contributed by atoms with Crippen molar-refractivity contribution in [1.82, 2.24) is 10.2 Å². The van der Waals surface area contributed by atoms with Crippen molar-refractivity contribution in [3.63, 3.8) is 0 Å². The van der Waals surface area contributed by atoms with Gasteiger partial charge in [0.05, 0.1) is 5.60 Å². The highest BCUT2D eigenvalue weighted by Gasteiger charge is 2.28. The van der Waals surface area contributed by atoms with Gasteiger partial charge >= 0.3 is 0 Å². The molecule has 102 valence electrons. The van der Waals surface area contributed by atoms with Crippen LogP contribution in [0.5, 0.6) is 0 Å². The predicted molar refractivity (Wildman–Crippen MR) is 73.3 cm³/mol. The van der Waals surface area contributed by atoms with Crippen molar-refractivity contribution in [3.05, 3.63) is 0 Å². The number of nitrogens with one attached hydrogen (secondary N) is 1. The Hall–Kier alpha value is -0.120. The third-order valence-electron chi connectivity index (χ3n) is 3.86. The standard InChI is InChI=1S/C14H30N2O/c1-4-9-15-11-13-8-6-7-10-16(13)12-14(3,17)5-2/h13,15,17H,4-12H2,1-3H3. The first-order valence-corrected chi connectivity index (χ1v) is 7.26. The van der Waals surface area contributed by atoms with Crippen LogP contribution in [0.4, 0.5) is 0 Å². The van der Waals surface area contributed by atoms with Crippen LogP contribution in [-0.2, 0) is 0 Å². The van der Waals surface area contributed by atoms with E-state index >= 15 is 0 Å². The number of rotatable bonds is 7. The number of likely N-dealkylation sites (tertiary alicyclic amines) is 1. The molecule has 0 aromatic heterocycles. The average Bonchev–Trinajstić information content (AvgIpc) is 2.31. The molecule has 1 aliphatic rings. The molecule has 2 N–H and O–H groups in total. The molecule has 1 saturated heterocycles. The van der Waals surface area contributed by atoms with E-state index in [-0.39, 0.29) is 0 Å². The average molecular weight is 242 g/mol. The molecule has 3 nitrogen and oxygen atoms in total. The van der Waals surface area contributed by atoms with Crippen molar-refractivity contribution in [3.8, 4) is 0 Å². The van der Waals surface area contributed by atoms with Gasteiger partial charge in [-0.1, -0.05) is 20.3 Å². The van der Waals surface area contributed by atoms with Crippen LogP contribution in [0.2, 0.25) is 0 Å². The first-order chi connectivity index (χ1) is 8.09. The molecule has 17 heavy (non-hydrogen) atoms. The van der Waals surface area contributed by atoms with Crippen molar-refractivity contribution in [2.24, 2.45) is 0 Å². The van der Waals surface area contributed by atoms with Crippen LogP contribution < -0.4 is 5.32 Å². The Morgan fingerprint density at radius 3 is 2.76 bits per heavy atom. The molecule has 1 aliphatic heterocycles. The van der Waals surface area contributed by atoms with Gasteiger partial charge in [0, 0.05) is 19.1 Å². The zero-order valence-corrected chi connectivity index (χ0v) is 11.8. The highest BCUT2D eigenvalue weighted by atomic mass is 16.3. The number of β-amino-alcohol motifs (C(OH)–C–C–N with tert-alkyl or cyclic N) is 1. The summed E-state index contributed by atoms with van der Waals surface area (Å²) in [5.41, 5.74) is -0.527. The zero-order valence-electron chi connectivity index (χ0n) is 11.8. The molecule has 0 aromatic rings. The molecule has 0 radical (unpaired) electrons. The van der Waals surface area contributed by atoms with Crippen LogP contribution in [0.3, 0.4) is 0 Å². The van der Waals surface area contributed by atoms with Crippen molar-refractivity contribution in [2.45, 2.75) is 64.5 Å². The van der Waals surface area contributed by atoms with Gasteiger partial charge in [-0.3, -0.25) is 4.90 Å². The predicted octanol–water partition coefficient (Wildman–Crippen LogP) is 2.00. The molecule has 1 heterocycles. The van der Waals surface area contributed by atoms with Crippen molar-refractivity contribution in [1.29, 1.82) is 0 Å². The Bertz CT molecular complexity index is 206. The van der Waals surface area contributed by atoms with E-state index in [4.69, 9.17) is 0 Å². The highest BCUT2D eigenvalue weighted by molar-refractivity contribution is 4.84. The lowest BCUT2D eigenvalue weighted by Gasteiger charge is -2.39. The largest absolute Gasteiger partial charge is 0.389 e. The lowest BCUT2D eigenvalue weighted by atomic mass is 9.97. The third kappa shape index (κ3) is 5.36. The second kappa shape index (κ2) is 7.34. The summed E-state index contributed by atoms with van der Waals surface area (Å²) in [6, 6.07) is 0.619. The first kappa shape index (κ1) is 14.9. The lowest BCUT2D eigenvalue weighted by molar-refractivity contribution is -0.00592. The zero-order chi connectivity index (χ0) is 12.7. The van der Waals surface area contributed by atoms with Crippen LogP contribution in [0.15, 0.2) is 0 Å². The van der Waals surface area contributed by atoms with Gasteiger partial charge in [0.25, 0.3) is 0 Å². The maximum Gasteiger partial charge on any atom is 0.0743 e. The van der Waals surface area contributed by atoms with E-state index in [0.717, 1.165) is 32.6 Å². The van der Waals surface area contributed by atoms with E-state index in [9.17, 15) is 5.11 Å². The Morgan fingerprint density at radius 1 is 1.35 bits per heavy atom. The normalized spacial score (nSPS) is 25.8. The van der Waals surface area contributed by atoms with E-state index in [1.807, 2.05) is 6.92 Å². The molecule has 2 unspecified atom stereocenters. The molecule has 0 saturated carbocycles. The lowest BCUT2D eigenvalue weighted by Crippen LogP contribution is -2.51. The molecule has 2 atom stereocenters. The van der Waals surface area contributed by atoms with Gasteiger partial charge in [0.1, 0.15) is 0 Å². The minimum Gasteiger partial charge on any atom is -0.389 e. The SMILES string of the molecule is CCCNCC1CCCCN1CC(C)(O)CC. The monoisotopic (exact) mass is 242 g/mol. The molecular formula is C14H30N2O. The summed E-state index contributed by atoms with van der Waals surface area (Å²) >= 11 is 0. The van der Waals surface area contributed by atoms with Crippen molar-refractivity contribution < 1.29 is 5.11 Å². The van der Waals surface area contributed by atoms with E-state index in [2.05, 4.69) is 24.1 Å². The number of hydrogen-bond acceptors (Lipinski definition) is 3. The van der Waals surface area contributed by atoms with E-state index in [0.29, 0.717) is 6.04 Å². The number of hydrogen-bond donors (Lipinski definition) is 2. The molecule has 0 aromatic carbocycles. The Balaban J connectivity index is 2.42. The van der Waals surface area contributed by atoms with Crippen molar-refractivity contribution in [2.75, 3.05) is 26.2 Å². The summed E-state index contributed by atoms with van der Waals surface area (Å²) in [6.45, 7) is 10.4. The van der Waals surface area contributed by atoms with Gasteiger partial charge < -0.3 is 10.4 Å². The molecule has 3 heteroatoms. The maximum absolute atomic E-state index is 10.2. The summed E-state index contributed by atoms with van der Waals surface area (Å²) in [7, 11) is 0. The van der Waals surface area contributed by atoms with Gasteiger partial charge in [-0.25, -0.2) is 0 Å². The minimum atomic E-state index is -0.527. The van der Waals surface area contributed by atoms with Crippen LogP contribution in [0.1, 0.15) is 52.9 Å². The van der Waals surface area contributed by atoms with E-state index < -0.39 is 5.60 Å². The first-order valence-electron chi connectivity index (χ1n) is 7.26. The third-order valence-corrected chi connectivity index (χ3v) is 3.86. The molecule has 0 bridgehead atoms. The molecule has 1 rings (SSSR count). The van der Waals surface area contributed by atoms with E-state index in [1.54, 1.807) is 0 Å². The fourth-order valence-corrected chi connectivity index (χ4v) is 2.49. The molecule has 0 amide bonds. The van der Waals surface area contributed by atoms with Crippen LogP contribution in [-0.4, -0.2) is 47.8 Å². The second-order valence-electron chi connectivity index (χ2n) is 5.67. The summed E-state index contributed by atoms with van der Waals surface area (Å²) < 4.78 is 0. The summed E-state index contributed by atoms with van der Waals surface area (Å²) in [4.78, 5) is 2.48. The quantitative estimate of drug-likeness (QED) is 0.670. The van der Waals surface area contributed by atoms with Crippen LogP contribution >= 0.6 is 0 Å². The van der Waals surface area contributed by atoms with E-state index in [1.165, 1.54) is 25.7 Å². The van der Waals surface area contributed by atoms with Gasteiger partial charge in [0.2, 0.25) is 0 Å². The fourth-order valence-electron chi connectivity index (χ4n) is 2.49. The molecular weight excluding hydrogens is 212 g/mol. The van der Waals surface area contributed by atoms with Gasteiger partial charge in [-0.15, -0.1) is 0 Å². The Morgan fingerprint density at radius 2 is 2.12 bits per heavy atom. The Kier molecular flexibility index (Phi) is 6.45. The number of piperidine rings is 1. The van der Waals surface area contributed by atoms with Crippen LogP contribution in [0, 0.1) is 0 Å². The molecule has 0 aliphatic carbocycles. The second-order valence-corrected chi connectivity index (χ2v) is 5.67. The highest BCUT2D eigenvalue weighted by Crippen LogP contribution is 2.20. The number of nitrogens with zero attached hydrogens (tertiary/aromatic N) is 1. The summed E-state index contributed by atoms with van der Waals surface area (Å²) in [5, 5.41) is 13.7. The van der Waals surface area contributed by atoms with Gasteiger partial charge in [-0.05, 0) is 45.7 Å². The fraction of sp³-hybridized carbons (Fsp3) is 1.00. The molecule has 0 spiro atoms. The molecule has 1 fully saturated rings. The van der Waals surface area contributed by atoms with Crippen molar-refractivity contribution >= 4 is 0 Å². The van der Waals surface area contributed by atoms with Crippen LogP contribution in [0.25, 0.3) is 0 Å². The maximum atomic E-state index is 10.2. The minimum absolute atomic E-state index is 0.527. The smallest absolute Gasteiger partial charge is 0.0743 e. The number of aliphatic hydroxyl groups is 1. The van der Waals surface area contributed by atoms with Gasteiger partial charge in [0.15, 0.2) is 0 Å².